The normalized spacial score (nSPS) is 11.3. The molecule has 0 saturated heterocycles. The Balaban J connectivity index is 1.99. The monoisotopic (exact) mass is 398 g/mol. The van der Waals surface area contributed by atoms with Gasteiger partial charge in [-0.2, -0.15) is 10.2 Å². The highest BCUT2D eigenvalue weighted by Gasteiger charge is 2.23. The fourth-order valence-electron chi connectivity index (χ4n) is 3.38. The first-order valence-electron chi connectivity index (χ1n) is 8.72. The van der Waals surface area contributed by atoms with Crippen molar-refractivity contribution in [2.75, 3.05) is 30.1 Å². The van der Waals surface area contributed by atoms with Gasteiger partial charge in [0.25, 0.3) is 0 Å². The average molecular weight is 398 g/mol. The predicted octanol–water partition coefficient (Wildman–Crippen LogP) is 3.76. The summed E-state index contributed by atoms with van der Waals surface area (Å²) in [6.45, 7) is 2.65. The number of amides is 1. The molecule has 0 saturated carbocycles. The van der Waals surface area contributed by atoms with Gasteiger partial charge in [0.05, 0.1) is 27.8 Å². The van der Waals surface area contributed by atoms with Crippen molar-refractivity contribution < 1.29 is 9.18 Å². The molecule has 3 aromatic heterocycles. The lowest BCUT2D eigenvalue weighted by atomic mass is 10.0. The SMILES string of the molecule is CCN(C)c1c(F)c(SC)c(-c2ccn3nc(NC=O)cc3c2)c2cn[nH]c12. The van der Waals surface area contributed by atoms with E-state index >= 15 is 4.39 Å². The van der Waals surface area contributed by atoms with Crippen LogP contribution in [0.15, 0.2) is 35.5 Å². The molecule has 28 heavy (non-hydrogen) atoms. The number of fused-ring (bicyclic) bond motifs is 2. The van der Waals surface area contributed by atoms with Crippen molar-refractivity contribution in [2.24, 2.45) is 0 Å². The minimum Gasteiger partial charge on any atom is -0.371 e. The first-order valence-corrected chi connectivity index (χ1v) is 9.95. The highest BCUT2D eigenvalue weighted by atomic mass is 32.2. The van der Waals surface area contributed by atoms with Crippen LogP contribution in [0.5, 0.6) is 0 Å². The van der Waals surface area contributed by atoms with E-state index in [0.29, 0.717) is 34.9 Å². The second-order valence-electron chi connectivity index (χ2n) is 6.32. The van der Waals surface area contributed by atoms with Crippen molar-refractivity contribution in [3.8, 4) is 11.1 Å². The molecule has 7 nitrogen and oxygen atoms in total. The number of carbonyl (C=O) groups is 1. The molecule has 0 aliphatic carbocycles. The summed E-state index contributed by atoms with van der Waals surface area (Å²) in [5, 5.41) is 14.8. The van der Waals surface area contributed by atoms with Crippen LogP contribution in [0.4, 0.5) is 15.9 Å². The number of carbonyl (C=O) groups excluding carboxylic acids is 1. The van der Waals surface area contributed by atoms with E-state index in [1.54, 1.807) is 23.0 Å². The van der Waals surface area contributed by atoms with E-state index in [1.807, 2.05) is 37.3 Å². The van der Waals surface area contributed by atoms with E-state index in [9.17, 15) is 4.79 Å². The number of nitrogens with one attached hydrogen (secondary N) is 2. The van der Waals surface area contributed by atoms with Gasteiger partial charge in [0.2, 0.25) is 6.41 Å². The molecular weight excluding hydrogens is 379 g/mol. The van der Waals surface area contributed by atoms with Crippen molar-refractivity contribution in [1.29, 1.82) is 0 Å². The number of H-pyrrole nitrogens is 1. The number of anilines is 2. The summed E-state index contributed by atoms with van der Waals surface area (Å²) in [7, 11) is 1.86. The van der Waals surface area contributed by atoms with Crippen molar-refractivity contribution in [2.45, 2.75) is 11.8 Å². The molecule has 0 fully saturated rings. The molecule has 0 bridgehead atoms. The van der Waals surface area contributed by atoms with E-state index in [0.717, 1.165) is 22.0 Å². The van der Waals surface area contributed by atoms with E-state index in [4.69, 9.17) is 0 Å². The zero-order valence-corrected chi connectivity index (χ0v) is 16.5. The van der Waals surface area contributed by atoms with Crippen LogP contribution < -0.4 is 10.2 Å². The van der Waals surface area contributed by atoms with E-state index in [-0.39, 0.29) is 5.82 Å². The maximum atomic E-state index is 15.5. The number of benzene rings is 1. The maximum Gasteiger partial charge on any atom is 0.212 e. The summed E-state index contributed by atoms with van der Waals surface area (Å²) in [6.07, 6.45) is 5.98. The Morgan fingerprint density at radius 2 is 2.25 bits per heavy atom. The maximum absolute atomic E-state index is 15.5. The molecule has 4 aromatic rings. The Hall–Kier alpha value is -3.07. The largest absolute Gasteiger partial charge is 0.371 e. The molecule has 9 heteroatoms. The van der Waals surface area contributed by atoms with Crippen LogP contribution in [-0.4, -0.2) is 46.1 Å². The van der Waals surface area contributed by atoms with Gasteiger partial charge in [-0.1, -0.05) is 0 Å². The van der Waals surface area contributed by atoms with Crippen molar-refractivity contribution in [3.63, 3.8) is 0 Å². The van der Waals surface area contributed by atoms with E-state index in [1.165, 1.54) is 11.8 Å². The average Bonchev–Trinajstić information content (AvgIpc) is 3.32. The molecule has 0 spiro atoms. The fraction of sp³-hybridized carbons (Fsp3) is 0.211. The molecule has 0 aliphatic heterocycles. The number of aromatic nitrogens is 4. The lowest BCUT2D eigenvalue weighted by molar-refractivity contribution is -0.105. The molecular formula is C19H19FN6OS. The fourth-order valence-corrected chi connectivity index (χ4v) is 4.09. The standard InChI is InChI=1S/C19H19FN6OS/c1-4-25(2)18-16(20)19(28-3)15(13-9-22-23-17(13)18)11-5-6-26-12(7-11)8-14(24-26)21-10-27/h5-10H,4H2,1-3H3,(H,22,23)(H,21,24,27). The minimum absolute atomic E-state index is 0.264. The molecule has 0 aliphatic rings. The molecule has 0 radical (unpaired) electrons. The Morgan fingerprint density at radius 3 is 2.96 bits per heavy atom. The summed E-state index contributed by atoms with van der Waals surface area (Å²) < 4.78 is 17.2. The van der Waals surface area contributed by atoms with Gasteiger partial charge in [-0.3, -0.25) is 9.89 Å². The third-order valence-electron chi connectivity index (χ3n) is 4.80. The Labute approximate surface area is 164 Å². The molecule has 2 N–H and O–H groups in total. The zero-order valence-electron chi connectivity index (χ0n) is 15.7. The second-order valence-corrected chi connectivity index (χ2v) is 7.14. The van der Waals surface area contributed by atoms with Gasteiger partial charge in [0.1, 0.15) is 0 Å². The van der Waals surface area contributed by atoms with Crippen LogP contribution >= 0.6 is 11.8 Å². The first kappa shape index (κ1) is 18.3. The van der Waals surface area contributed by atoms with Crippen LogP contribution in [0, 0.1) is 5.82 Å². The molecule has 4 rings (SSSR count). The summed E-state index contributed by atoms with van der Waals surface area (Å²) in [5.41, 5.74) is 3.62. The highest BCUT2D eigenvalue weighted by molar-refractivity contribution is 7.98. The number of thioether (sulfide) groups is 1. The van der Waals surface area contributed by atoms with Gasteiger partial charge in [0, 0.05) is 36.8 Å². The molecule has 144 valence electrons. The van der Waals surface area contributed by atoms with Gasteiger partial charge in [-0.05, 0) is 30.9 Å². The Kier molecular flexibility index (Phi) is 4.68. The number of rotatable bonds is 6. The van der Waals surface area contributed by atoms with Gasteiger partial charge in [-0.25, -0.2) is 8.91 Å². The van der Waals surface area contributed by atoms with Crippen molar-refractivity contribution in [3.05, 3.63) is 36.4 Å². The lowest BCUT2D eigenvalue weighted by Crippen LogP contribution is -2.18. The van der Waals surface area contributed by atoms with E-state index < -0.39 is 0 Å². The highest BCUT2D eigenvalue weighted by Crippen LogP contribution is 2.43. The van der Waals surface area contributed by atoms with Gasteiger partial charge in [-0.15, -0.1) is 11.8 Å². The molecule has 0 atom stereocenters. The summed E-state index contributed by atoms with van der Waals surface area (Å²) in [6, 6.07) is 5.57. The van der Waals surface area contributed by atoms with Gasteiger partial charge < -0.3 is 10.2 Å². The predicted molar refractivity (Wildman–Crippen MR) is 111 cm³/mol. The van der Waals surface area contributed by atoms with Crippen molar-refractivity contribution in [1.82, 2.24) is 19.8 Å². The quantitative estimate of drug-likeness (QED) is 0.382. The van der Waals surface area contributed by atoms with Crippen LogP contribution in [0.1, 0.15) is 6.92 Å². The molecule has 3 heterocycles. The van der Waals surface area contributed by atoms with E-state index in [2.05, 4.69) is 20.6 Å². The third-order valence-corrected chi connectivity index (χ3v) is 5.59. The number of nitrogens with zero attached hydrogens (tertiary/aromatic N) is 4. The molecule has 1 aromatic carbocycles. The van der Waals surface area contributed by atoms with Crippen LogP contribution in [0.3, 0.4) is 0 Å². The minimum atomic E-state index is -0.264. The third kappa shape index (κ3) is 2.78. The summed E-state index contributed by atoms with van der Waals surface area (Å²) >= 11 is 1.37. The first-order chi connectivity index (χ1) is 13.6. The number of halogens is 1. The van der Waals surface area contributed by atoms with Gasteiger partial charge >= 0.3 is 0 Å². The number of hydrogen-bond donors (Lipinski definition) is 2. The topological polar surface area (TPSA) is 78.3 Å². The molecule has 1 amide bonds. The second kappa shape index (κ2) is 7.16. The Bertz CT molecular complexity index is 1180. The Morgan fingerprint density at radius 1 is 1.43 bits per heavy atom. The number of hydrogen-bond acceptors (Lipinski definition) is 5. The number of pyridine rings is 1. The zero-order chi connectivity index (χ0) is 19.8. The van der Waals surface area contributed by atoms with Crippen LogP contribution in [0.2, 0.25) is 0 Å². The summed E-state index contributed by atoms with van der Waals surface area (Å²) in [4.78, 5) is 13.1. The summed E-state index contributed by atoms with van der Waals surface area (Å²) in [5.74, 6) is 0.192. The lowest BCUT2D eigenvalue weighted by Gasteiger charge is -2.22. The molecule has 0 unspecified atom stereocenters. The number of aromatic amines is 1. The van der Waals surface area contributed by atoms with Crippen LogP contribution in [-0.2, 0) is 4.79 Å². The van der Waals surface area contributed by atoms with Crippen LogP contribution in [0.25, 0.3) is 27.5 Å². The smallest absolute Gasteiger partial charge is 0.212 e. The van der Waals surface area contributed by atoms with Crippen molar-refractivity contribution >= 4 is 46.1 Å². The van der Waals surface area contributed by atoms with Gasteiger partial charge in [0.15, 0.2) is 11.6 Å².